The van der Waals surface area contributed by atoms with Crippen molar-refractivity contribution in [2.24, 2.45) is 0 Å². The first-order valence-corrected chi connectivity index (χ1v) is 11.0. The van der Waals surface area contributed by atoms with Crippen molar-refractivity contribution in [1.29, 1.82) is 0 Å². The lowest BCUT2D eigenvalue weighted by Gasteiger charge is -2.19. The smallest absolute Gasteiger partial charge is 0.407 e. The van der Waals surface area contributed by atoms with E-state index in [9.17, 15) is 13.2 Å². The van der Waals surface area contributed by atoms with Crippen LogP contribution in [0.4, 0.5) is 4.79 Å². The SMILES string of the molecule is Cc1ccc(S(=O)(=O)n2c(OCCNC(=O)OC(C)(C)C)cc3ccccc32)cc1. The number of hydrogen-bond donors (Lipinski definition) is 1. The van der Waals surface area contributed by atoms with Crippen molar-refractivity contribution in [2.75, 3.05) is 13.2 Å². The number of hydrogen-bond acceptors (Lipinski definition) is 5. The summed E-state index contributed by atoms with van der Waals surface area (Å²) in [5.74, 6) is 0.183. The molecule has 3 aromatic rings. The molecule has 0 saturated carbocycles. The number of aromatic nitrogens is 1. The Hall–Kier alpha value is -3.00. The van der Waals surface area contributed by atoms with E-state index < -0.39 is 21.7 Å². The molecule has 0 saturated heterocycles. The van der Waals surface area contributed by atoms with Crippen molar-refractivity contribution in [3.8, 4) is 5.88 Å². The zero-order valence-electron chi connectivity index (χ0n) is 17.5. The number of rotatable bonds is 6. The molecular formula is C22H26N2O5S. The fourth-order valence-electron chi connectivity index (χ4n) is 2.89. The van der Waals surface area contributed by atoms with Crippen LogP contribution >= 0.6 is 0 Å². The Bertz CT molecular complexity index is 1140. The molecule has 3 rings (SSSR count). The molecule has 2 aromatic carbocycles. The number of carbonyl (C=O) groups excluding carboxylic acids is 1. The van der Waals surface area contributed by atoms with E-state index in [-0.39, 0.29) is 23.9 Å². The number of fused-ring (bicyclic) bond motifs is 1. The molecule has 8 heteroatoms. The van der Waals surface area contributed by atoms with Gasteiger partial charge >= 0.3 is 6.09 Å². The van der Waals surface area contributed by atoms with Gasteiger partial charge in [-0.3, -0.25) is 0 Å². The summed E-state index contributed by atoms with van der Waals surface area (Å²) in [6, 6.07) is 15.5. The van der Waals surface area contributed by atoms with E-state index in [0.29, 0.717) is 5.52 Å². The lowest BCUT2D eigenvalue weighted by molar-refractivity contribution is 0.0519. The van der Waals surface area contributed by atoms with Crippen LogP contribution in [0.15, 0.2) is 59.5 Å². The standard InChI is InChI=1S/C22H26N2O5S/c1-16-9-11-18(12-10-16)30(26,27)24-19-8-6-5-7-17(19)15-20(24)28-14-13-23-21(25)29-22(2,3)4/h5-12,15H,13-14H2,1-4H3,(H,23,25). The normalized spacial score (nSPS) is 12.0. The zero-order chi connectivity index (χ0) is 21.9. The maximum absolute atomic E-state index is 13.3. The second kappa shape index (κ2) is 8.39. The van der Waals surface area contributed by atoms with E-state index in [1.807, 2.05) is 19.1 Å². The van der Waals surface area contributed by atoms with Crippen molar-refractivity contribution in [1.82, 2.24) is 9.29 Å². The van der Waals surface area contributed by atoms with Gasteiger partial charge in [0.15, 0.2) is 0 Å². The molecule has 1 N–H and O–H groups in total. The van der Waals surface area contributed by atoms with Gasteiger partial charge < -0.3 is 14.8 Å². The van der Waals surface area contributed by atoms with Crippen molar-refractivity contribution in [2.45, 2.75) is 38.2 Å². The summed E-state index contributed by atoms with van der Waals surface area (Å²) in [6.45, 7) is 7.47. The van der Waals surface area contributed by atoms with Crippen LogP contribution in [0.25, 0.3) is 10.9 Å². The van der Waals surface area contributed by atoms with Gasteiger partial charge in [0, 0.05) is 11.5 Å². The van der Waals surface area contributed by atoms with Gasteiger partial charge in [-0.15, -0.1) is 0 Å². The number of nitrogens with one attached hydrogen (secondary N) is 1. The molecule has 0 atom stereocenters. The lowest BCUT2D eigenvalue weighted by atomic mass is 10.2. The molecule has 1 amide bonds. The monoisotopic (exact) mass is 430 g/mol. The third kappa shape index (κ3) is 4.94. The van der Waals surface area contributed by atoms with E-state index in [4.69, 9.17) is 9.47 Å². The van der Waals surface area contributed by atoms with Crippen molar-refractivity contribution < 1.29 is 22.7 Å². The summed E-state index contributed by atoms with van der Waals surface area (Å²) in [4.78, 5) is 11.9. The molecule has 0 aliphatic heterocycles. The Morgan fingerprint density at radius 1 is 1.07 bits per heavy atom. The Kier molecular flexibility index (Phi) is 6.07. The molecule has 30 heavy (non-hydrogen) atoms. The van der Waals surface area contributed by atoms with Crippen LogP contribution in [0.1, 0.15) is 26.3 Å². The molecular weight excluding hydrogens is 404 g/mol. The van der Waals surface area contributed by atoms with Crippen molar-refractivity contribution in [3.05, 3.63) is 60.2 Å². The fraction of sp³-hybridized carbons (Fsp3) is 0.318. The number of aryl methyl sites for hydroxylation is 1. The van der Waals surface area contributed by atoms with Crippen molar-refractivity contribution in [3.63, 3.8) is 0 Å². The number of carbonyl (C=O) groups is 1. The minimum atomic E-state index is -3.87. The molecule has 160 valence electrons. The summed E-state index contributed by atoms with van der Waals surface area (Å²) < 4.78 is 38.8. The minimum absolute atomic E-state index is 0.0823. The van der Waals surface area contributed by atoms with Gasteiger partial charge in [0.2, 0.25) is 5.88 Å². The van der Waals surface area contributed by atoms with Gasteiger partial charge in [-0.25, -0.2) is 17.2 Å². The molecule has 0 aliphatic carbocycles. The highest BCUT2D eigenvalue weighted by Gasteiger charge is 2.24. The predicted octanol–water partition coefficient (Wildman–Crippen LogP) is 4.09. The van der Waals surface area contributed by atoms with Gasteiger partial charge in [-0.2, -0.15) is 0 Å². The molecule has 1 heterocycles. The summed E-state index contributed by atoms with van der Waals surface area (Å²) in [6.07, 6.45) is -0.557. The van der Waals surface area contributed by atoms with E-state index in [2.05, 4.69) is 5.32 Å². The highest BCUT2D eigenvalue weighted by Crippen LogP contribution is 2.30. The van der Waals surface area contributed by atoms with Crippen LogP contribution in [-0.2, 0) is 14.8 Å². The molecule has 0 radical (unpaired) electrons. The second-order valence-corrected chi connectivity index (χ2v) is 9.69. The number of para-hydroxylation sites is 1. The molecule has 0 bridgehead atoms. The topological polar surface area (TPSA) is 86.6 Å². The quantitative estimate of drug-likeness (QED) is 0.595. The summed E-state index contributed by atoms with van der Waals surface area (Å²) in [5.41, 5.74) is 0.892. The summed E-state index contributed by atoms with van der Waals surface area (Å²) in [7, 11) is -3.87. The fourth-order valence-corrected chi connectivity index (χ4v) is 4.35. The van der Waals surface area contributed by atoms with E-state index >= 15 is 0 Å². The second-order valence-electron chi connectivity index (χ2n) is 7.90. The largest absolute Gasteiger partial charge is 0.476 e. The molecule has 0 spiro atoms. The molecule has 7 nitrogen and oxygen atoms in total. The average Bonchev–Trinajstić information content (AvgIpc) is 3.03. The first-order valence-electron chi connectivity index (χ1n) is 9.60. The number of benzene rings is 2. The van der Waals surface area contributed by atoms with Gasteiger partial charge in [0.05, 0.1) is 17.0 Å². The van der Waals surface area contributed by atoms with Crippen LogP contribution in [0, 0.1) is 6.92 Å². The van der Waals surface area contributed by atoms with Gasteiger partial charge in [0.25, 0.3) is 10.0 Å². The van der Waals surface area contributed by atoms with Gasteiger partial charge in [-0.05, 0) is 45.9 Å². The van der Waals surface area contributed by atoms with E-state index in [1.54, 1.807) is 63.2 Å². The van der Waals surface area contributed by atoms with Crippen LogP contribution in [-0.4, -0.2) is 37.2 Å². The molecule has 0 aliphatic rings. The minimum Gasteiger partial charge on any atom is -0.476 e. The number of nitrogens with zero attached hydrogens (tertiary/aromatic N) is 1. The Morgan fingerprint density at radius 2 is 1.73 bits per heavy atom. The molecule has 0 fully saturated rings. The number of ether oxygens (including phenoxy) is 2. The highest BCUT2D eigenvalue weighted by atomic mass is 32.2. The maximum atomic E-state index is 13.3. The van der Waals surface area contributed by atoms with Gasteiger partial charge in [0.1, 0.15) is 12.2 Å². The Labute approximate surface area is 176 Å². The molecule has 0 unspecified atom stereocenters. The van der Waals surface area contributed by atoms with Crippen LogP contribution in [0.2, 0.25) is 0 Å². The van der Waals surface area contributed by atoms with Crippen molar-refractivity contribution >= 4 is 27.0 Å². The summed E-state index contributed by atoms with van der Waals surface area (Å²) >= 11 is 0. The van der Waals surface area contributed by atoms with Crippen LogP contribution < -0.4 is 10.1 Å². The third-order valence-corrected chi connectivity index (χ3v) is 5.94. The van der Waals surface area contributed by atoms with Crippen LogP contribution in [0.5, 0.6) is 5.88 Å². The average molecular weight is 431 g/mol. The Balaban J connectivity index is 1.84. The zero-order valence-corrected chi connectivity index (χ0v) is 18.3. The summed E-state index contributed by atoms with van der Waals surface area (Å²) in [5, 5.41) is 3.33. The maximum Gasteiger partial charge on any atom is 0.407 e. The van der Waals surface area contributed by atoms with E-state index in [0.717, 1.165) is 10.9 Å². The van der Waals surface area contributed by atoms with Crippen LogP contribution in [0.3, 0.4) is 0 Å². The first kappa shape index (κ1) is 21.7. The lowest BCUT2D eigenvalue weighted by Crippen LogP contribution is -2.34. The third-order valence-electron chi connectivity index (χ3n) is 4.21. The van der Waals surface area contributed by atoms with E-state index in [1.165, 1.54) is 3.97 Å². The number of alkyl carbamates (subject to hydrolysis) is 1. The predicted molar refractivity (Wildman–Crippen MR) is 115 cm³/mol. The highest BCUT2D eigenvalue weighted by molar-refractivity contribution is 7.90. The molecule has 1 aromatic heterocycles. The Morgan fingerprint density at radius 3 is 2.40 bits per heavy atom. The first-order chi connectivity index (χ1) is 14.1. The number of amides is 1. The van der Waals surface area contributed by atoms with Gasteiger partial charge in [-0.1, -0.05) is 35.9 Å².